The largest absolute Gasteiger partial charge is 0.445 e. The molecule has 0 saturated heterocycles. The fourth-order valence-corrected chi connectivity index (χ4v) is 1.75. The first-order chi connectivity index (χ1) is 9.74. The third-order valence-electron chi connectivity index (χ3n) is 2.68. The maximum absolute atomic E-state index is 11.6. The van der Waals surface area contributed by atoms with Gasteiger partial charge in [0.1, 0.15) is 6.61 Å². The predicted octanol–water partition coefficient (Wildman–Crippen LogP) is 4.26. The van der Waals surface area contributed by atoms with Crippen molar-refractivity contribution in [2.75, 3.05) is 11.9 Å². The van der Waals surface area contributed by atoms with Gasteiger partial charge in [0, 0.05) is 5.69 Å². The minimum atomic E-state index is -0.451. The van der Waals surface area contributed by atoms with Gasteiger partial charge in [0.2, 0.25) is 0 Å². The molecule has 0 radical (unpaired) electrons. The zero-order chi connectivity index (χ0) is 14.2. The van der Waals surface area contributed by atoms with E-state index < -0.39 is 6.09 Å². The molecule has 1 amide bonds. The van der Waals surface area contributed by atoms with Crippen molar-refractivity contribution in [3.8, 4) is 0 Å². The topological polar surface area (TPSA) is 38.3 Å². The summed E-state index contributed by atoms with van der Waals surface area (Å²) >= 11 is 0. The number of benzene rings is 2. The highest BCUT2D eigenvalue weighted by atomic mass is 16.5. The van der Waals surface area contributed by atoms with Crippen LogP contribution in [-0.2, 0) is 4.74 Å². The van der Waals surface area contributed by atoms with E-state index in [4.69, 9.17) is 4.74 Å². The summed E-state index contributed by atoms with van der Waals surface area (Å²) in [5.41, 5.74) is 2.91. The average molecular weight is 267 g/mol. The molecule has 0 aliphatic heterocycles. The molecule has 3 nitrogen and oxygen atoms in total. The predicted molar refractivity (Wildman–Crippen MR) is 81.6 cm³/mol. The van der Waals surface area contributed by atoms with Gasteiger partial charge in [-0.25, -0.2) is 4.79 Å². The fraction of sp³-hybridized carbons (Fsp3) is 0.118. The van der Waals surface area contributed by atoms with Crippen molar-refractivity contribution in [2.24, 2.45) is 0 Å². The normalized spacial score (nSPS) is 10.4. The standard InChI is InChI=1S/C17H17NO2/c1-14-7-5-11-16(13-14)18-17(19)20-12-6-10-15-8-3-2-4-9-15/h2-11,13H,12H2,1H3,(H,18,19)/b10-6+. The maximum atomic E-state index is 11.6. The van der Waals surface area contributed by atoms with Gasteiger partial charge in [0.25, 0.3) is 0 Å². The number of ether oxygens (including phenoxy) is 1. The first kappa shape index (κ1) is 13.9. The maximum Gasteiger partial charge on any atom is 0.411 e. The number of hydrogen-bond donors (Lipinski definition) is 1. The molecule has 0 unspecified atom stereocenters. The second kappa shape index (κ2) is 7.14. The SMILES string of the molecule is Cc1cccc(NC(=O)OC/C=C/c2ccccc2)c1. The van der Waals surface area contributed by atoms with Crippen LogP contribution in [0.1, 0.15) is 11.1 Å². The van der Waals surface area contributed by atoms with E-state index in [2.05, 4.69) is 5.32 Å². The van der Waals surface area contributed by atoms with Gasteiger partial charge >= 0.3 is 6.09 Å². The monoisotopic (exact) mass is 267 g/mol. The van der Waals surface area contributed by atoms with Crippen molar-refractivity contribution in [1.29, 1.82) is 0 Å². The molecule has 1 N–H and O–H groups in total. The molecule has 2 aromatic rings. The van der Waals surface area contributed by atoms with Crippen LogP contribution in [-0.4, -0.2) is 12.7 Å². The lowest BCUT2D eigenvalue weighted by molar-refractivity contribution is 0.174. The summed E-state index contributed by atoms with van der Waals surface area (Å²) in [4.78, 5) is 11.6. The van der Waals surface area contributed by atoms with Crippen molar-refractivity contribution in [3.63, 3.8) is 0 Å². The molecule has 102 valence electrons. The molecule has 0 atom stereocenters. The molecular weight excluding hydrogens is 250 g/mol. The van der Waals surface area contributed by atoms with E-state index in [9.17, 15) is 4.79 Å². The Hall–Kier alpha value is -2.55. The van der Waals surface area contributed by atoms with Crippen LogP contribution in [0.2, 0.25) is 0 Å². The third-order valence-corrected chi connectivity index (χ3v) is 2.68. The van der Waals surface area contributed by atoms with Gasteiger partial charge in [0.05, 0.1) is 0 Å². The lowest BCUT2D eigenvalue weighted by Gasteiger charge is -2.05. The van der Waals surface area contributed by atoms with Gasteiger partial charge < -0.3 is 4.74 Å². The Balaban J connectivity index is 1.77. The molecule has 0 fully saturated rings. The van der Waals surface area contributed by atoms with Crippen LogP contribution in [0.3, 0.4) is 0 Å². The molecule has 3 heteroatoms. The Morgan fingerprint density at radius 3 is 2.70 bits per heavy atom. The van der Waals surface area contributed by atoms with Gasteiger partial charge in [-0.3, -0.25) is 5.32 Å². The highest BCUT2D eigenvalue weighted by Crippen LogP contribution is 2.09. The summed E-state index contributed by atoms with van der Waals surface area (Å²) < 4.78 is 5.07. The molecule has 0 aliphatic rings. The van der Waals surface area contributed by atoms with Gasteiger partial charge in [-0.05, 0) is 36.3 Å². The highest BCUT2D eigenvalue weighted by Gasteiger charge is 2.01. The first-order valence-corrected chi connectivity index (χ1v) is 6.46. The van der Waals surface area contributed by atoms with Crippen LogP contribution in [0.25, 0.3) is 6.08 Å². The van der Waals surface area contributed by atoms with Gasteiger partial charge in [-0.15, -0.1) is 0 Å². The Morgan fingerprint density at radius 1 is 1.15 bits per heavy atom. The summed E-state index contributed by atoms with van der Waals surface area (Å²) in [7, 11) is 0. The quantitative estimate of drug-likeness (QED) is 0.899. The van der Waals surface area contributed by atoms with Gasteiger partial charge in [0.15, 0.2) is 0 Å². The summed E-state index contributed by atoms with van der Waals surface area (Å²) in [6.45, 7) is 2.21. The van der Waals surface area contributed by atoms with E-state index in [-0.39, 0.29) is 6.61 Å². The molecule has 0 aromatic heterocycles. The molecular formula is C17H17NO2. The molecule has 20 heavy (non-hydrogen) atoms. The number of carbonyl (C=O) groups excluding carboxylic acids is 1. The summed E-state index contributed by atoms with van der Waals surface area (Å²) in [5, 5.41) is 2.69. The van der Waals surface area contributed by atoms with Crippen molar-refractivity contribution in [3.05, 3.63) is 71.8 Å². The van der Waals surface area contributed by atoms with Crippen LogP contribution in [0.4, 0.5) is 10.5 Å². The zero-order valence-corrected chi connectivity index (χ0v) is 11.4. The number of amides is 1. The molecule has 0 bridgehead atoms. The van der Waals surface area contributed by atoms with Gasteiger partial charge in [-0.1, -0.05) is 48.5 Å². The average Bonchev–Trinajstić information content (AvgIpc) is 2.45. The Kier molecular flexibility index (Phi) is 4.95. The highest BCUT2D eigenvalue weighted by molar-refractivity contribution is 5.84. The number of aryl methyl sites for hydroxylation is 1. The Bertz CT molecular complexity index is 591. The van der Waals surface area contributed by atoms with Crippen molar-refractivity contribution in [2.45, 2.75) is 6.92 Å². The number of nitrogens with one attached hydrogen (secondary N) is 1. The Labute approximate surface area is 118 Å². The van der Waals surface area contributed by atoms with E-state index in [0.717, 1.165) is 16.8 Å². The van der Waals surface area contributed by atoms with Crippen molar-refractivity contribution in [1.82, 2.24) is 0 Å². The van der Waals surface area contributed by atoms with Crippen molar-refractivity contribution < 1.29 is 9.53 Å². The van der Waals surface area contributed by atoms with Crippen molar-refractivity contribution >= 4 is 17.9 Å². The molecule has 2 aromatic carbocycles. The van der Waals surface area contributed by atoms with Gasteiger partial charge in [-0.2, -0.15) is 0 Å². The zero-order valence-electron chi connectivity index (χ0n) is 11.4. The molecule has 0 saturated carbocycles. The minimum Gasteiger partial charge on any atom is -0.445 e. The van der Waals surface area contributed by atoms with Crippen LogP contribution < -0.4 is 5.32 Å². The second-order valence-corrected chi connectivity index (χ2v) is 4.41. The summed E-state index contributed by atoms with van der Waals surface area (Å²) in [6.07, 6.45) is 3.28. The molecule has 0 spiro atoms. The fourth-order valence-electron chi connectivity index (χ4n) is 1.75. The van der Waals surface area contributed by atoms with E-state index in [1.54, 1.807) is 0 Å². The minimum absolute atomic E-state index is 0.243. The van der Waals surface area contributed by atoms with E-state index >= 15 is 0 Å². The number of carbonyl (C=O) groups is 1. The number of rotatable bonds is 4. The van der Waals surface area contributed by atoms with Crippen LogP contribution >= 0.6 is 0 Å². The van der Waals surface area contributed by atoms with E-state index in [1.807, 2.05) is 73.7 Å². The van der Waals surface area contributed by atoms with E-state index in [1.165, 1.54) is 0 Å². The van der Waals surface area contributed by atoms with E-state index in [0.29, 0.717) is 0 Å². The number of anilines is 1. The first-order valence-electron chi connectivity index (χ1n) is 6.46. The summed E-state index contributed by atoms with van der Waals surface area (Å²) in [6, 6.07) is 17.4. The third kappa shape index (κ3) is 4.61. The summed E-state index contributed by atoms with van der Waals surface area (Å²) in [5.74, 6) is 0. The smallest absolute Gasteiger partial charge is 0.411 e. The second-order valence-electron chi connectivity index (χ2n) is 4.41. The lowest BCUT2D eigenvalue weighted by atomic mass is 10.2. The molecule has 2 rings (SSSR count). The molecule has 0 heterocycles. The van der Waals surface area contributed by atoms with Crippen LogP contribution in [0, 0.1) is 6.92 Å². The van der Waals surface area contributed by atoms with Crippen LogP contribution in [0.15, 0.2) is 60.7 Å². The van der Waals surface area contributed by atoms with Crippen LogP contribution in [0.5, 0.6) is 0 Å². The molecule has 0 aliphatic carbocycles. The number of hydrogen-bond acceptors (Lipinski definition) is 2. The Morgan fingerprint density at radius 2 is 1.95 bits per heavy atom. The lowest BCUT2D eigenvalue weighted by Crippen LogP contribution is -2.13.